The molecule has 0 rings (SSSR count). The van der Waals surface area contributed by atoms with Crippen molar-refractivity contribution in [3.8, 4) is 6.07 Å². The first-order chi connectivity index (χ1) is 7.12. The zero-order chi connectivity index (χ0) is 11.8. The number of carbonyl (C=O) groups excluding carboxylic acids is 1. The summed E-state index contributed by atoms with van der Waals surface area (Å²) in [4.78, 5) is 13.8. The molecule has 0 heterocycles. The summed E-state index contributed by atoms with van der Waals surface area (Å²) in [5.74, 6) is -0.458. The molecule has 0 radical (unpaired) electrons. The van der Waals surface area contributed by atoms with Crippen LogP contribution in [-0.4, -0.2) is 23.4 Å². The zero-order valence-electron chi connectivity index (χ0n) is 10.3. The fourth-order valence-corrected chi connectivity index (χ4v) is 1.64. The second-order valence-corrected chi connectivity index (χ2v) is 3.85. The van der Waals surface area contributed by atoms with Crippen LogP contribution in [0.5, 0.6) is 0 Å². The van der Waals surface area contributed by atoms with Gasteiger partial charge in [0, 0.05) is 12.6 Å². The molecule has 0 fully saturated rings. The zero-order valence-corrected chi connectivity index (χ0v) is 10.3. The van der Waals surface area contributed by atoms with E-state index in [9.17, 15) is 4.79 Å². The van der Waals surface area contributed by atoms with Crippen molar-refractivity contribution in [2.45, 2.75) is 53.0 Å². The molecule has 0 aliphatic carbocycles. The fourth-order valence-electron chi connectivity index (χ4n) is 1.64. The van der Waals surface area contributed by atoms with Gasteiger partial charge >= 0.3 is 0 Å². The molecule has 0 saturated heterocycles. The number of carbonyl (C=O) groups is 1. The van der Waals surface area contributed by atoms with Crippen LogP contribution in [0.25, 0.3) is 0 Å². The van der Waals surface area contributed by atoms with Gasteiger partial charge in [0.2, 0.25) is 5.91 Å². The summed E-state index contributed by atoms with van der Waals surface area (Å²) in [6.07, 6.45) is 2.48. The smallest absolute Gasteiger partial charge is 0.240 e. The van der Waals surface area contributed by atoms with Crippen molar-refractivity contribution < 1.29 is 4.79 Å². The highest BCUT2D eigenvalue weighted by Gasteiger charge is 2.24. The van der Waals surface area contributed by atoms with E-state index in [2.05, 4.69) is 13.0 Å². The van der Waals surface area contributed by atoms with Crippen LogP contribution < -0.4 is 0 Å². The van der Waals surface area contributed by atoms with Crippen LogP contribution in [0.15, 0.2) is 0 Å². The molecule has 0 aromatic carbocycles. The van der Waals surface area contributed by atoms with Gasteiger partial charge in [-0.1, -0.05) is 20.3 Å². The van der Waals surface area contributed by atoms with E-state index in [0.717, 1.165) is 12.8 Å². The Labute approximate surface area is 93.1 Å². The minimum absolute atomic E-state index is 0.00352. The molecule has 0 aromatic rings. The highest BCUT2D eigenvalue weighted by Crippen LogP contribution is 2.13. The molecule has 3 nitrogen and oxygen atoms in total. The molecular weight excluding hydrogens is 188 g/mol. The van der Waals surface area contributed by atoms with Gasteiger partial charge in [-0.3, -0.25) is 4.79 Å². The van der Waals surface area contributed by atoms with Crippen LogP contribution in [0.2, 0.25) is 0 Å². The first kappa shape index (κ1) is 14.0. The standard InChI is InChI=1S/C12H22N2O/c1-5-8-11(9-13)12(15)14(7-3)10(4)6-2/h10-11H,5-8H2,1-4H3. The molecule has 2 unspecified atom stereocenters. The van der Waals surface area contributed by atoms with Crippen LogP contribution in [0, 0.1) is 17.2 Å². The quantitative estimate of drug-likeness (QED) is 0.676. The van der Waals surface area contributed by atoms with Crippen LogP contribution in [-0.2, 0) is 4.79 Å². The molecular formula is C12H22N2O. The molecule has 0 bridgehead atoms. The lowest BCUT2D eigenvalue weighted by atomic mass is 10.0. The summed E-state index contributed by atoms with van der Waals surface area (Å²) in [5, 5.41) is 8.93. The lowest BCUT2D eigenvalue weighted by molar-refractivity contribution is -0.135. The lowest BCUT2D eigenvalue weighted by Crippen LogP contribution is -2.41. The van der Waals surface area contributed by atoms with E-state index >= 15 is 0 Å². The summed E-state index contributed by atoms with van der Waals surface area (Å²) < 4.78 is 0. The Kier molecular flexibility index (Phi) is 6.77. The molecule has 0 spiro atoms. The van der Waals surface area contributed by atoms with Gasteiger partial charge in [-0.05, 0) is 26.7 Å². The van der Waals surface area contributed by atoms with Crippen LogP contribution in [0.4, 0.5) is 0 Å². The highest BCUT2D eigenvalue weighted by molar-refractivity contribution is 5.81. The Hall–Kier alpha value is -1.04. The van der Waals surface area contributed by atoms with Gasteiger partial charge in [0.1, 0.15) is 5.92 Å². The summed E-state index contributed by atoms with van der Waals surface area (Å²) >= 11 is 0. The predicted molar refractivity (Wildman–Crippen MR) is 61.2 cm³/mol. The molecule has 0 aliphatic rings. The largest absolute Gasteiger partial charge is 0.339 e. The van der Waals surface area contributed by atoms with Gasteiger partial charge in [-0.2, -0.15) is 5.26 Å². The summed E-state index contributed by atoms with van der Waals surface area (Å²) in [7, 11) is 0. The van der Waals surface area contributed by atoms with E-state index in [1.54, 1.807) is 0 Å². The van der Waals surface area contributed by atoms with E-state index in [-0.39, 0.29) is 11.9 Å². The molecule has 0 aromatic heterocycles. The number of hydrogen-bond acceptors (Lipinski definition) is 2. The third kappa shape index (κ3) is 3.91. The van der Waals surface area contributed by atoms with Crippen LogP contribution in [0.3, 0.4) is 0 Å². The second-order valence-electron chi connectivity index (χ2n) is 3.85. The number of rotatable bonds is 6. The van der Waals surface area contributed by atoms with Gasteiger partial charge in [-0.15, -0.1) is 0 Å². The first-order valence-corrected chi connectivity index (χ1v) is 5.82. The number of amides is 1. The summed E-state index contributed by atoms with van der Waals surface area (Å²) in [6.45, 7) is 8.74. The Morgan fingerprint density at radius 1 is 1.40 bits per heavy atom. The van der Waals surface area contributed by atoms with E-state index in [4.69, 9.17) is 5.26 Å². The van der Waals surface area contributed by atoms with Gasteiger partial charge < -0.3 is 4.90 Å². The molecule has 1 amide bonds. The maximum absolute atomic E-state index is 12.0. The van der Waals surface area contributed by atoms with E-state index in [1.807, 2.05) is 25.7 Å². The van der Waals surface area contributed by atoms with Crippen molar-refractivity contribution in [1.82, 2.24) is 4.90 Å². The van der Waals surface area contributed by atoms with Crippen molar-refractivity contribution in [3.05, 3.63) is 0 Å². The second kappa shape index (κ2) is 7.28. The number of nitriles is 1. The summed E-state index contributed by atoms with van der Waals surface area (Å²) in [5.41, 5.74) is 0. The predicted octanol–water partition coefficient (Wildman–Crippen LogP) is 2.57. The van der Waals surface area contributed by atoms with Crippen molar-refractivity contribution in [3.63, 3.8) is 0 Å². The summed E-state index contributed by atoms with van der Waals surface area (Å²) in [6, 6.07) is 2.34. The Bertz CT molecular complexity index is 232. The fraction of sp³-hybridized carbons (Fsp3) is 0.833. The molecule has 2 atom stereocenters. The first-order valence-electron chi connectivity index (χ1n) is 5.82. The van der Waals surface area contributed by atoms with Gasteiger partial charge in [0.05, 0.1) is 6.07 Å². The minimum atomic E-state index is -0.455. The third-order valence-corrected chi connectivity index (χ3v) is 2.78. The number of nitrogens with zero attached hydrogens (tertiary/aromatic N) is 2. The average molecular weight is 210 g/mol. The van der Waals surface area contributed by atoms with Crippen molar-refractivity contribution in [2.24, 2.45) is 5.92 Å². The van der Waals surface area contributed by atoms with Gasteiger partial charge in [0.25, 0.3) is 0 Å². The molecule has 3 heteroatoms. The SMILES string of the molecule is CCCC(C#N)C(=O)N(CC)C(C)CC. The van der Waals surface area contributed by atoms with Crippen molar-refractivity contribution in [1.29, 1.82) is 5.26 Å². The monoisotopic (exact) mass is 210 g/mol. The molecule has 0 saturated carbocycles. The maximum Gasteiger partial charge on any atom is 0.240 e. The molecule has 0 N–H and O–H groups in total. The molecule has 15 heavy (non-hydrogen) atoms. The van der Waals surface area contributed by atoms with Gasteiger partial charge in [0.15, 0.2) is 0 Å². The lowest BCUT2D eigenvalue weighted by Gasteiger charge is -2.28. The van der Waals surface area contributed by atoms with E-state index in [0.29, 0.717) is 13.0 Å². The normalized spacial score (nSPS) is 14.1. The maximum atomic E-state index is 12.0. The Morgan fingerprint density at radius 3 is 2.33 bits per heavy atom. The topological polar surface area (TPSA) is 44.1 Å². The minimum Gasteiger partial charge on any atom is -0.339 e. The highest BCUT2D eigenvalue weighted by atomic mass is 16.2. The van der Waals surface area contributed by atoms with Crippen LogP contribution >= 0.6 is 0 Å². The van der Waals surface area contributed by atoms with Crippen molar-refractivity contribution >= 4 is 5.91 Å². The molecule has 0 aliphatic heterocycles. The van der Waals surface area contributed by atoms with E-state index in [1.165, 1.54) is 0 Å². The van der Waals surface area contributed by atoms with Crippen LogP contribution in [0.1, 0.15) is 47.0 Å². The number of hydrogen-bond donors (Lipinski definition) is 0. The van der Waals surface area contributed by atoms with Gasteiger partial charge in [-0.25, -0.2) is 0 Å². The molecule has 86 valence electrons. The average Bonchev–Trinajstić information content (AvgIpc) is 2.26. The Morgan fingerprint density at radius 2 is 2.00 bits per heavy atom. The Balaban J connectivity index is 4.56. The third-order valence-electron chi connectivity index (χ3n) is 2.78. The van der Waals surface area contributed by atoms with E-state index < -0.39 is 5.92 Å². The van der Waals surface area contributed by atoms with Crippen molar-refractivity contribution in [2.75, 3.05) is 6.54 Å².